The number of ether oxygens (including phenoxy) is 5. The molecule has 1 aromatic rings. The number of esters is 1. The highest BCUT2D eigenvalue weighted by molar-refractivity contribution is 6.04. The molecule has 13 heteroatoms. The van der Waals surface area contributed by atoms with Crippen LogP contribution in [-0.4, -0.2) is 119 Å². The third-order valence-corrected chi connectivity index (χ3v) is 11.0. The summed E-state index contributed by atoms with van der Waals surface area (Å²) in [5.41, 5.74) is -0.548. The molecule has 0 radical (unpaired) electrons. The van der Waals surface area contributed by atoms with Crippen LogP contribution < -0.4 is 0 Å². The van der Waals surface area contributed by atoms with Crippen molar-refractivity contribution in [3.05, 3.63) is 23.8 Å². The third kappa shape index (κ3) is 10.0. The molecule has 3 aliphatic heterocycles. The summed E-state index contributed by atoms with van der Waals surface area (Å²) in [7, 11) is 1.62. The summed E-state index contributed by atoms with van der Waals surface area (Å²) >= 11 is 0. The van der Waals surface area contributed by atoms with Crippen molar-refractivity contribution >= 4 is 17.8 Å². The van der Waals surface area contributed by atoms with Gasteiger partial charge in [-0.15, -0.1) is 0 Å². The van der Waals surface area contributed by atoms with E-state index in [9.17, 15) is 19.5 Å². The zero-order chi connectivity index (χ0) is 37.5. The maximum atomic E-state index is 14.2. The van der Waals surface area contributed by atoms with E-state index in [2.05, 4.69) is 28.7 Å². The number of amides is 1. The molecule has 1 amide bonds. The van der Waals surface area contributed by atoms with E-state index in [4.69, 9.17) is 23.7 Å². The van der Waals surface area contributed by atoms with Crippen LogP contribution in [-0.2, 0) is 46.2 Å². The molecule has 1 aromatic heterocycles. The van der Waals surface area contributed by atoms with Gasteiger partial charge < -0.3 is 33.7 Å². The number of nitrogens with zero attached hydrogens (tertiary/aromatic N) is 4. The van der Waals surface area contributed by atoms with Crippen LogP contribution >= 0.6 is 0 Å². The lowest BCUT2D eigenvalue weighted by atomic mass is 9.74. The Morgan fingerprint density at radius 1 is 1.16 bits per heavy atom. The zero-order valence-electron chi connectivity index (χ0n) is 32.3. The maximum Gasteiger partial charge on any atom is 0.410 e. The molecule has 4 heterocycles. The SMILES string of the molecule is CCCN1C[C@H](C)C[C@@](C)(OC)[C@H](O[C@@H]2O[C@H](C)C[C@H](C)[C@H]2O)[C@@H](C)C(=O)C(C)(C)C(=O)OC[C@H]1CCCOC(=O)N1CCc2ncncc2C1. The molecule has 0 saturated carbocycles. The number of methoxy groups -OCH3 is 1. The van der Waals surface area contributed by atoms with Gasteiger partial charge in [0.25, 0.3) is 0 Å². The number of carbonyl (C=O) groups is 3. The fraction of sp³-hybridized carbons (Fsp3) is 0.816. The van der Waals surface area contributed by atoms with Crippen LogP contribution in [0.1, 0.15) is 98.8 Å². The fourth-order valence-electron chi connectivity index (χ4n) is 8.05. The first kappa shape index (κ1) is 41.1. The van der Waals surface area contributed by atoms with E-state index in [1.807, 2.05) is 20.8 Å². The molecule has 3 aliphatic rings. The molecule has 2 fully saturated rings. The molecule has 9 atom stereocenters. The molecule has 0 bridgehead atoms. The van der Waals surface area contributed by atoms with Crippen molar-refractivity contribution in [2.75, 3.05) is 40.0 Å². The highest BCUT2D eigenvalue weighted by Crippen LogP contribution is 2.38. The van der Waals surface area contributed by atoms with Crippen LogP contribution in [0.25, 0.3) is 0 Å². The van der Waals surface area contributed by atoms with Crippen LogP contribution in [0, 0.1) is 23.2 Å². The lowest BCUT2D eigenvalue weighted by Crippen LogP contribution is -2.57. The predicted molar refractivity (Wildman–Crippen MR) is 189 cm³/mol. The first-order chi connectivity index (χ1) is 24.1. The molecule has 0 aromatic carbocycles. The summed E-state index contributed by atoms with van der Waals surface area (Å²) in [5.74, 6) is -1.70. The van der Waals surface area contributed by atoms with Crippen molar-refractivity contribution in [3.8, 4) is 0 Å². The molecule has 0 unspecified atom stereocenters. The quantitative estimate of drug-likeness (QED) is 0.217. The minimum Gasteiger partial charge on any atom is -0.463 e. The van der Waals surface area contributed by atoms with Crippen LogP contribution in [0.4, 0.5) is 4.79 Å². The van der Waals surface area contributed by atoms with Crippen LogP contribution in [0.2, 0.25) is 0 Å². The van der Waals surface area contributed by atoms with Crippen molar-refractivity contribution in [1.29, 1.82) is 0 Å². The summed E-state index contributed by atoms with van der Waals surface area (Å²) in [6, 6.07) is -0.159. The molecule has 4 rings (SSSR count). The molecule has 13 nitrogen and oxygen atoms in total. The van der Waals surface area contributed by atoms with E-state index >= 15 is 0 Å². The van der Waals surface area contributed by atoms with Crippen molar-refractivity contribution in [2.45, 2.75) is 137 Å². The number of fused-ring (bicyclic) bond motifs is 1. The van der Waals surface area contributed by atoms with Gasteiger partial charge in [0.15, 0.2) is 12.1 Å². The number of aliphatic hydroxyl groups is 1. The van der Waals surface area contributed by atoms with Gasteiger partial charge in [-0.3, -0.25) is 14.5 Å². The predicted octanol–water partition coefficient (Wildman–Crippen LogP) is 4.57. The smallest absolute Gasteiger partial charge is 0.410 e. The van der Waals surface area contributed by atoms with Gasteiger partial charge in [-0.1, -0.05) is 27.7 Å². The van der Waals surface area contributed by atoms with Gasteiger partial charge in [-0.05, 0) is 78.2 Å². The first-order valence-corrected chi connectivity index (χ1v) is 18.8. The average Bonchev–Trinajstić information content (AvgIpc) is 3.10. The molecule has 2 saturated heterocycles. The summed E-state index contributed by atoms with van der Waals surface area (Å²) < 4.78 is 30.6. The standard InChI is InChI=1S/C38H62N4O9/c1-10-14-41-20-24(2)18-38(8,47-9)33(51-34-31(43)25(3)17-26(4)50-34)27(5)32(44)37(6,7)35(45)49-22-29(41)12-11-16-48-36(46)42-15-13-30-28(21-42)19-39-23-40-30/h19,23-27,29,31,33-34,43H,10-18,20-22H2,1-9H3/t24-,25+,26-,27+,29-,31-,33-,34+,38-/m1/s1. The van der Waals surface area contributed by atoms with Crippen molar-refractivity contribution in [2.24, 2.45) is 23.2 Å². The minimum atomic E-state index is -1.48. The van der Waals surface area contributed by atoms with Gasteiger partial charge in [-0.2, -0.15) is 0 Å². The van der Waals surface area contributed by atoms with Gasteiger partial charge >= 0.3 is 12.1 Å². The second-order valence-corrected chi connectivity index (χ2v) is 15.8. The topological polar surface area (TPSA) is 150 Å². The Bertz CT molecular complexity index is 1330. The third-order valence-electron chi connectivity index (χ3n) is 11.0. The van der Waals surface area contributed by atoms with E-state index in [0.29, 0.717) is 51.7 Å². The van der Waals surface area contributed by atoms with Gasteiger partial charge in [0.1, 0.15) is 24.5 Å². The van der Waals surface area contributed by atoms with Gasteiger partial charge in [0.2, 0.25) is 0 Å². The van der Waals surface area contributed by atoms with E-state index in [0.717, 1.165) is 24.2 Å². The van der Waals surface area contributed by atoms with E-state index in [1.165, 1.54) is 6.33 Å². The van der Waals surface area contributed by atoms with E-state index in [1.54, 1.807) is 39.0 Å². The lowest BCUT2D eigenvalue weighted by Gasteiger charge is -2.46. The molecule has 0 aliphatic carbocycles. The summed E-state index contributed by atoms with van der Waals surface area (Å²) in [6.45, 7) is 17.8. The number of aliphatic hydroxyl groups excluding tert-OH is 1. The molecule has 1 N–H and O–H groups in total. The highest BCUT2D eigenvalue weighted by atomic mass is 16.7. The second kappa shape index (κ2) is 17.9. The Morgan fingerprint density at radius 2 is 1.90 bits per heavy atom. The number of cyclic esters (lactones) is 1. The van der Waals surface area contributed by atoms with Gasteiger partial charge in [-0.25, -0.2) is 14.8 Å². The Morgan fingerprint density at radius 3 is 2.61 bits per heavy atom. The van der Waals surface area contributed by atoms with E-state index in [-0.39, 0.29) is 49.1 Å². The number of carbonyl (C=O) groups excluding carboxylic acids is 3. The lowest BCUT2D eigenvalue weighted by molar-refractivity contribution is -0.295. The fourth-order valence-corrected chi connectivity index (χ4v) is 8.05. The van der Waals surface area contributed by atoms with Crippen molar-refractivity contribution in [1.82, 2.24) is 19.8 Å². The van der Waals surface area contributed by atoms with Crippen LogP contribution in [0.3, 0.4) is 0 Å². The van der Waals surface area contributed by atoms with Crippen molar-refractivity contribution in [3.63, 3.8) is 0 Å². The van der Waals surface area contributed by atoms with Crippen LogP contribution in [0.5, 0.6) is 0 Å². The number of ketones is 1. The Kier molecular flexibility index (Phi) is 14.4. The van der Waals surface area contributed by atoms with Crippen LogP contribution in [0.15, 0.2) is 12.5 Å². The average molecular weight is 719 g/mol. The summed E-state index contributed by atoms with van der Waals surface area (Å²) in [6.07, 6.45) is 4.08. The normalized spacial score (nSPS) is 34.0. The highest BCUT2D eigenvalue weighted by Gasteiger charge is 2.51. The second-order valence-electron chi connectivity index (χ2n) is 15.8. The summed E-state index contributed by atoms with van der Waals surface area (Å²) in [5, 5.41) is 11.1. The molecule has 0 spiro atoms. The Balaban J connectivity index is 1.51. The first-order valence-electron chi connectivity index (χ1n) is 18.8. The minimum absolute atomic E-state index is 0.0564. The van der Waals surface area contributed by atoms with Gasteiger partial charge in [0, 0.05) is 50.3 Å². The number of rotatable bonds is 9. The number of aromatic nitrogens is 2. The Hall–Kier alpha value is -2.71. The molecule has 51 heavy (non-hydrogen) atoms. The summed E-state index contributed by atoms with van der Waals surface area (Å²) in [4.78, 5) is 53.3. The molecular formula is C38H62N4O9. The van der Waals surface area contributed by atoms with E-state index < -0.39 is 41.4 Å². The van der Waals surface area contributed by atoms with Gasteiger partial charge in [0.05, 0.1) is 36.7 Å². The largest absolute Gasteiger partial charge is 0.463 e. The monoisotopic (exact) mass is 718 g/mol. The zero-order valence-corrected chi connectivity index (χ0v) is 32.3. The molecular weight excluding hydrogens is 656 g/mol. The van der Waals surface area contributed by atoms with Crippen molar-refractivity contribution < 1.29 is 43.2 Å². The number of hydrogen-bond donors (Lipinski definition) is 1. The Labute approximate surface area is 304 Å². The number of hydrogen-bond acceptors (Lipinski definition) is 12. The number of Topliss-reactive ketones (excluding diaryl/α,β-unsaturated/α-hetero) is 1. The molecule has 288 valence electrons. The maximum absolute atomic E-state index is 14.2.